The van der Waals surface area contributed by atoms with E-state index in [1.165, 1.54) is 0 Å². The molecule has 0 aliphatic rings. The van der Waals surface area contributed by atoms with Crippen molar-refractivity contribution >= 4 is 17.2 Å². The van der Waals surface area contributed by atoms with Gasteiger partial charge in [-0.3, -0.25) is 10.2 Å². The maximum absolute atomic E-state index is 12.4. The highest BCUT2D eigenvalue weighted by Gasteiger charge is 2.24. The molecule has 0 saturated heterocycles. The van der Waals surface area contributed by atoms with E-state index in [4.69, 9.17) is 0 Å². The number of rotatable bonds is 6. The Hall–Kier alpha value is -3.20. The van der Waals surface area contributed by atoms with Gasteiger partial charge in [-0.15, -0.1) is 0 Å². The molecule has 3 aromatic carbocycles. The summed E-state index contributed by atoms with van der Waals surface area (Å²) < 4.78 is 0. The lowest BCUT2D eigenvalue weighted by Crippen LogP contribution is -2.22. The highest BCUT2D eigenvalue weighted by molar-refractivity contribution is 6.41. The van der Waals surface area contributed by atoms with Gasteiger partial charge in [-0.05, 0) is 23.3 Å². The van der Waals surface area contributed by atoms with Gasteiger partial charge in [0.1, 0.15) is 5.71 Å². The van der Waals surface area contributed by atoms with Crippen LogP contribution in [0.25, 0.3) is 0 Å². The molecule has 3 heteroatoms. The van der Waals surface area contributed by atoms with Crippen LogP contribution in [-0.2, 0) is 4.79 Å². The fourth-order valence-electron chi connectivity index (χ4n) is 2.78. The summed E-state index contributed by atoms with van der Waals surface area (Å²) in [7, 11) is 0. The number of carbonyl (C=O) groups is 1. The number of nitrogens with one attached hydrogen (secondary N) is 1. The van der Waals surface area contributed by atoms with Gasteiger partial charge in [0.15, 0.2) is 5.78 Å². The average molecular weight is 328 g/mol. The SMILES string of the molecule is CC(=O)/C(=N/Nc1ccccc1)C(c1ccccc1)c1ccccc1. The van der Waals surface area contributed by atoms with Crippen molar-refractivity contribution in [2.24, 2.45) is 5.10 Å². The zero-order chi connectivity index (χ0) is 17.5. The van der Waals surface area contributed by atoms with E-state index in [1.807, 2.05) is 91.0 Å². The van der Waals surface area contributed by atoms with Gasteiger partial charge in [-0.25, -0.2) is 0 Å². The molecule has 3 aromatic rings. The number of Topliss-reactive ketones (excluding diaryl/α,β-unsaturated/α-hetero) is 1. The molecule has 124 valence electrons. The first-order chi connectivity index (χ1) is 12.3. The molecule has 0 radical (unpaired) electrons. The maximum atomic E-state index is 12.4. The normalized spacial score (nSPS) is 11.4. The van der Waals surface area contributed by atoms with E-state index >= 15 is 0 Å². The number of hydrazone groups is 1. The molecule has 0 fully saturated rings. The van der Waals surface area contributed by atoms with Crippen LogP contribution in [0, 0.1) is 0 Å². The summed E-state index contributed by atoms with van der Waals surface area (Å²) in [5.74, 6) is -0.266. The van der Waals surface area contributed by atoms with Gasteiger partial charge in [0.05, 0.1) is 11.6 Å². The number of para-hydroxylation sites is 1. The van der Waals surface area contributed by atoms with Gasteiger partial charge >= 0.3 is 0 Å². The van der Waals surface area contributed by atoms with Crippen LogP contribution >= 0.6 is 0 Å². The summed E-state index contributed by atoms with van der Waals surface area (Å²) in [6.07, 6.45) is 0. The molecule has 0 amide bonds. The summed E-state index contributed by atoms with van der Waals surface area (Å²) in [6.45, 7) is 1.56. The lowest BCUT2D eigenvalue weighted by Gasteiger charge is -2.19. The van der Waals surface area contributed by atoms with Crippen molar-refractivity contribution in [3.63, 3.8) is 0 Å². The molecule has 0 saturated carbocycles. The monoisotopic (exact) mass is 328 g/mol. The fraction of sp³-hybridized carbons (Fsp3) is 0.0909. The van der Waals surface area contributed by atoms with Crippen LogP contribution in [0.4, 0.5) is 5.69 Å². The second-order valence-electron chi connectivity index (χ2n) is 5.79. The number of nitrogens with zero attached hydrogens (tertiary/aromatic N) is 1. The summed E-state index contributed by atoms with van der Waals surface area (Å²) in [5, 5.41) is 4.46. The van der Waals surface area contributed by atoms with E-state index in [0.29, 0.717) is 5.71 Å². The predicted molar refractivity (Wildman–Crippen MR) is 103 cm³/mol. The van der Waals surface area contributed by atoms with Crippen LogP contribution in [0.15, 0.2) is 96.1 Å². The zero-order valence-corrected chi connectivity index (χ0v) is 14.1. The van der Waals surface area contributed by atoms with Crippen LogP contribution in [0.3, 0.4) is 0 Å². The summed E-state index contributed by atoms with van der Waals surface area (Å²) in [5.41, 5.74) is 6.43. The smallest absolute Gasteiger partial charge is 0.176 e. The van der Waals surface area contributed by atoms with Crippen molar-refractivity contribution in [1.29, 1.82) is 0 Å². The Morgan fingerprint density at radius 2 is 1.20 bits per heavy atom. The number of ketones is 1. The number of anilines is 1. The van der Waals surface area contributed by atoms with Crippen LogP contribution in [0.2, 0.25) is 0 Å². The molecular weight excluding hydrogens is 308 g/mol. The maximum Gasteiger partial charge on any atom is 0.176 e. The Morgan fingerprint density at radius 3 is 1.64 bits per heavy atom. The van der Waals surface area contributed by atoms with Crippen molar-refractivity contribution in [3.05, 3.63) is 102 Å². The topological polar surface area (TPSA) is 41.5 Å². The molecule has 0 aliphatic heterocycles. The molecule has 0 bridgehead atoms. The first-order valence-corrected chi connectivity index (χ1v) is 8.25. The van der Waals surface area contributed by atoms with Gasteiger partial charge in [-0.2, -0.15) is 5.10 Å². The Bertz CT molecular complexity index is 803. The summed E-state index contributed by atoms with van der Waals surface area (Å²) in [4.78, 5) is 12.4. The first-order valence-electron chi connectivity index (χ1n) is 8.25. The van der Waals surface area contributed by atoms with Gasteiger partial charge in [0.2, 0.25) is 0 Å². The minimum atomic E-state index is -0.212. The van der Waals surface area contributed by atoms with Crippen LogP contribution in [0.1, 0.15) is 24.0 Å². The standard InChI is InChI=1S/C22H20N2O/c1-17(25)22(24-23-20-15-9-4-10-16-20)21(18-11-5-2-6-12-18)19-13-7-3-8-14-19/h2-16,21,23H,1H3/b24-22-. The Kier molecular flexibility index (Phi) is 5.37. The predicted octanol–water partition coefficient (Wildman–Crippen LogP) is 4.88. The Labute approximate surface area is 148 Å². The number of hydrogen-bond donors (Lipinski definition) is 1. The highest BCUT2D eigenvalue weighted by atomic mass is 16.1. The van der Waals surface area contributed by atoms with E-state index in [1.54, 1.807) is 6.92 Å². The van der Waals surface area contributed by atoms with Crippen molar-refractivity contribution in [3.8, 4) is 0 Å². The molecule has 3 rings (SSSR count). The van der Waals surface area contributed by atoms with Crippen LogP contribution < -0.4 is 5.43 Å². The number of benzene rings is 3. The molecule has 0 aliphatic carbocycles. The van der Waals surface area contributed by atoms with Crippen molar-refractivity contribution in [1.82, 2.24) is 0 Å². The molecule has 0 heterocycles. The lowest BCUT2D eigenvalue weighted by atomic mass is 9.86. The van der Waals surface area contributed by atoms with Gasteiger partial charge in [-0.1, -0.05) is 78.9 Å². The summed E-state index contributed by atoms with van der Waals surface area (Å²) >= 11 is 0. The second-order valence-corrected chi connectivity index (χ2v) is 5.79. The summed E-state index contributed by atoms with van der Waals surface area (Å²) in [6, 6.07) is 29.6. The minimum absolute atomic E-state index is 0.0545. The number of carbonyl (C=O) groups excluding carboxylic acids is 1. The van der Waals surface area contributed by atoms with E-state index < -0.39 is 0 Å². The zero-order valence-electron chi connectivity index (χ0n) is 14.1. The fourth-order valence-corrected chi connectivity index (χ4v) is 2.78. The Morgan fingerprint density at radius 1 is 0.760 bits per heavy atom. The van der Waals surface area contributed by atoms with Crippen LogP contribution in [0.5, 0.6) is 0 Å². The third kappa shape index (κ3) is 4.21. The van der Waals surface area contributed by atoms with Gasteiger partial charge in [0.25, 0.3) is 0 Å². The molecule has 3 nitrogen and oxygen atoms in total. The first kappa shape index (κ1) is 16.7. The third-order valence-electron chi connectivity index (χ3n) is 3.98. The van der Waals surface area contributed by atoms with E-state index in [2.05, 4.69) is 10.5 Å². The van der Waals surface area contributed by atoms with Gasteiger partial charge < -0.3 is 0 Å². The molecule has 0 unspecified atom stereocenters. The molecule has 0 spiro atoms. The third-order valence-corrected chi connectivity index (χ3v) is 3.98. The molecule has 0 atom stereocenters. The molecular formula is C22H20N2O. The molecule has 25 heavy (non-hydrogen) atoms. The van der Waals surface area contributed by atoms with E-state index in [9.17, 15) is 4.79 Å². The van der Waals surface area contributed by atoms with Crippen molar-refractivity contribution in [2.75, 3.05) is 5.43 Å². The van der Waals surface area contributed by atoms with Crippen molar-refractivity contribution in [2.45, 2.75) is 12.8 Å². The quantitative estimate of drug-likeness (QED) is 0.518. The Balaban J connectivity index is 2.03. The molecule has 0 aromatic heterocycles. The minimum Gasteiger partial charge on any atom is -0.293 e. The molecule has 1 N–H and O–H groups in total. The number of hydrogen-bond acceptors (Lipinski definition) is 3. The van der Waals surface area contributed by atoms with Crippen LogP contribution in [-0.4, -0.2) is 11.5 Å². The second kappa shape index (κ2) is 8.06. The lowest BCUT2D eigenvalue weighted by molar-refractivity contribution is -0.111. The van der Waals surface area contributed by atoms with Crippen molar-refractivity contribution < 1.29 is 4.79 Å². The average Bonchev–Trinajstić information content (AvgIpc) is 2.67. The van der Waals surface area contributed by atoms with E-state index in [0.717, 1.165) is 16.8 Å². The van der Waals surface area contributed by atoms with E-state index in [-0.39, 0.29) is 11.7 Å². The largest absolute Gasteiger partial charge is 0.293 e. The highest BCUT2D eigenvalue weighted by Crippen LogP contribution is 2.27. The van der Waals surface area contributed by atoms with Gasteiger partial charge in [0, 0.05) is 6.92 Å².